The molecule has 0 radical (unpaired) electrons. The molecule has 6 heteroatoms. The Kier molecular flexibility index (Phi) is 6.65. The summed E-state index contributed by atoms with van der Waals surface area (Å²) in [6.45, 7) is 5.12. The van der Waals surface area contributed by atoms with Gasteiger partial charge in [-0.2, -0.15) is 0 Å². The Hall–Kier alpha value is -1.59. The average Bonchev–Trinajstić information content (AvgIpc) is 2.83. The Labute approximate surface area is 130 Å². The Balaban J connectivity index is 0.00000220. The van der Waals surface area contributed by atoms with Crippen molar-refractivity contribution < 1.29 is 9.21 Å². The van der Waals surface area contributed by atoms with E-state index in [-0.39, 0.29) is 24.2 Å². The zero-order valence-electron chi connectivity index (χ0n) is 12.6. The minimum atomic E-state index is -0.0362. The normalized spacial score (nSPS) is 12.0. The molecule has 2 rings (SSSR count). The van der Waals surface area contributed by atoms with Gasteiger partial charge in [0.15, 0.2) is 11.5 Å². The van der Waals surface area contributed by atoms with Gasteiger partial charge in [0.05, 0.1) is 0 Å². The van der Waals surface area contributed by atoms with Gasteiger partial charge in [-0.25, -0.2) is 4.98 Å². The second-order valence-corrected chi connectivity index (χ2v) is 5.03. The van der Waals surface area contributed by atoms with Crippen molar-refractivity contribution in [3.8, 4) is 0 Å². The van der Waals surface area contributed by atoms with Gasteiger partial charge in [0, 0.05) is 25.4 Å². The fourth-order valence-corrected chi connectivity index (χ4v) is 2.10. The van der Waals surface area contributed by atoms with Gasteiger partial charge in [-0.1, -0.05) is 19.1 Å². The Morgan fingerprint density at radius 3 is 2.86 bits per heavy atom. The minimum Gasteiger partial charge on any atom is -0.441 e. The maximum absolute atomic E-state index is 11.7. The fraction of sp³-hybridized carbons (Fsp3) is 0.467. The van der Waals surface area contributed by atoms with E-state index in [1.165, 1.54) is 0 Å². The number of benzene rings is 1. The van der Waals surface area contributed by atoms with Crippen molar-refractivity contribution in [2.45, 2.75) is 20.3 Å². The van der Waals surface area contributed by atoms with Crippen LogP contribution in [0, 0.1) is 12.8 Å². The number of rotatable bonds is 6. The summed E-state index contributed by atoms with van der Waals surface area (Å²) in [5.74, 6) is 0.674. The highest BCUT2D eigenvalue weighted by atomic mass is 35.5. The number of carbonyl (C=O) groups excluding carboxylic acids is 1. The van der Waals surface area contributed by atoms with Crippen LogP contribution in [0.4, 0.5) is 0 Å². The van der Waals surface area contributed by atoms with Crippen LogP contribution in [0.25, 0.3) is 11.1 Å². The maximum atomic E-state index is 11.7. The van der Waals surface area contributed by atoms with E-state index in [0.717, 1.165) is 16.7 Å². The number of fused-ring (bicyclic) bond motifs is 1. The second-order valence-electron chi connectivity index (χ2n) is 5.03. The summed E-state index contributed by atoms with van der Waals surface area (Å²) in [4.78, 5) is 16.2. The Bertz CT molecular complexity index is 598. The van der Waals surface area contributed by atoms with Gasteiger partial charge in [0.25, 0.3) is 0 Å². The van der Waals surface area contributed by atoms with Crippen LogP contribution in [0.15, 0.2) is 22.6 Å². The quantitative estimate of drug-likeness (QED) is 0.857. The molecule has 1 aromatic heterocycles. The largest absolute Gasteiger partial charge is 0.441 e. The molecule has 0 saturated carbocycles. The van der Waals surface area contributed by atoms with Crippen LogP contribution in [0.3, 0.4) is 0 Å². The van der Waals surface area contributed by atoms with E-state index >= 15 is 0 Å². The SMILES string of the molecule is CNCC(C)C(=O)NCCc1nc2c(C)cccc2o1.Cl. The number of aromatic nitrogens is 1. The predicted octanol–water partition coefficient (Wildman–Crippen LogP) is 2.07. The number of nitrogens with one attached hydrogen (secondary N) is 2. The smallest absolute Gasteiger partial charge is 0.224 e. The van der Waals surface area contributed by atoms with E-state index in [9.17, 15) is 4.79 Å². The van der Waals surface area contributed by atoms with E-state index < -0.39 is 0 Å². The van der Waals surface area contributed by atoms with Crippen molar-refractivity contribution in [1.82, 2.24) is 15.6 Å². The topological polar surface area (TPSA) is 67.2 Å². The first-order valence-corrected chi connectivity index (χ1v) is 6.89. The summed E-state index contributed by atoms with van der Waals surface area (Å²) < 4.78 is 5.66. The van der Waals surface area contributed by atoms with Crippen LogP contribution in [-0.4, -0.2) is 31.0 Å². The van der Waals surface area contributed by atoms with Crippen molar-refractivity contribution in [2.75, 3.05) is 20.1 Å². The van der Waals surface area contributed by atoms with E-state index in [1.54, 1.807) is 0 Å². The summed E-state index contributed by atoms with van der Waals surface area (Å²) in [5, 5.41) is 5.88. The first kappa shape index (κ1) is 17.5. The fourth-order valence-electron chi connectivity index (χ4n) is 2.10. The van der Waals surface area contributed by atoms with E-state index in [4.69, 9.17) is 4.42 Å². The third kappa shape index (κ3) is 4.44. The van der Waals surface area contributed by atoms with Crippen LogP contribution < -0.4 is 10.6 Å². The van der Waals surface area contributed by atoms with Gasteiger partial charge in [0.1, 0.15) is 5.52 Å². The molecule has 21 heavy (non-hydrogen) atoms. The molecule has 0 bridgehead atoms. The van der Waals surface area contributed by atoms with Gasteiger partial charge in [0.2, 0.25) is 5.91 Å². The molecule has 1 aromatic carbocycles. The molecule has 1 unspecified atom stereocenters. The number of halogens is 1. The van der Waals surface area contributed by atoms with Gasteiger partial charge in [-0.15, -0.1) is 12.4 Å². The number of hydrogen-bond donors (Lipinski definition) is 2. The number of oxazole rings is 1. The second kappa shape index (κ2) is 8.00. The number of hydrogen-bond acceptors (Lipinski definition) is 4. The van der Waals surface area contributed by atoms with Crippen molar-refractivity contribution >= 4 is 29.4 Å². The van der Waals surface area contributed by atoms with Crippen molar-refractivity contribution in [3.63, 3.8) is 0 Å². The summed E-state index contributed by atoms with van der Waals surface area (Å²) in [6, 6.07) is 5.87. The first-order valence-electron chi connectivity index (χ1n) is 6.89. The first-order chi connectivity index (χ1) is 9.61. The summed E-state index contributed by atoms with van der Waals surface area (Å²) >= 11 is 0. The summed E-state index contributed by atoms with van der Waals surface area (Å²) in [6.07, 6.45) is 0.603. The molecule has 0 saturated heterocycles. The highest BCUT2D eigenvalue weighted by Crippen LogP contribution is 2.18. The van der Waals surface area contributed by atoms with E-state index in [2.05, 4.69) is 15.6 Å². The molecular weight excluding hydrogens is 290 g/mol. The minimum absolute atomic E-state index is 0. The molecule has 0 spiro atoms. The molecular formula is C15H22ClN3O2. The van der Waals surface area contributed by atoms with Crippen LogP contribution >= 0.6 is 12.4 Å². The van der Waals surface area contributed by atoms with Crippen LogP contribution in [0.5, 0.6) is 0 Å². The molecule has 2 aromatic rings. The molecule has 2 N–H and O–H groups in total. The zero-order chi connectivity index (χ0) is 14.5. The van der Waals surface area contributed by atoms with E-state index in [0.29, 0.717) is 25.4 Å². The highest BCUT2D eigenvalue weighted by molar-refractivity contribution is 5.85. The average molecular weight is 312 g/mol. The zero-order valence-corrected chi connectivity index (χ0v) is 13.4. The molecule has 0 aliphatic rings. The third-order valence-electron chi connectivity index (χ3n) is 3.26. The van der Waals surface area contributed by atoms with Crippen LogP contribution in [0.2, 0.25) is 0 Å². The molecule has 1 heterocycles. The number of aryl methyl sites for hydroxylation is 1. The lowest BCUT2D eigenvalue weighted by molar-refractivity contribution is -0.124. The molecule has 1 atom stereocenters. The third-order valence-corrected chi connectivity index (χ3v) is 3.26. The lowest BCUT2D eigenvalue weighted by Crippen LogP contribution is -2.35. The standard InChI is InChI=1S/C15H21N3O2.ClH/c1-10-5-4-6-12-14(10)18-13(20-12)7-8-17-15(19)11(2)9-16-3;/h4-6,11,16H,7-9H2,1-3H3,(H,17,19);1H. The number of nitrogens with zero attached hydrogens (tertiary/aromatic N) is 1. The Morgan fingerprint density at radius 2 is 2.19 bits per heavy atom. The summed E-state index contributed by atoms with van der Waals surface area (Å²) in [7, 11) is 1.84. The van der Waals surface area contributed by atoms with Crippen molar-refractivity contribution in [3.05, 3.63) is 29.7 Å². The number of para-hydroxylation sites is 1. The van der Waals surface area contributed by atoms with Crippen LogP contribution in [0.1, 0.15) is 18.4 Å². The predicted molar refractivity (Wildman–Crippen MR) is 85.8 cm³/mol. The highest BCUT2D eigenvalue weighted by Gasteiger charge is 2.12. The van der Waals surface area contributed by atoms with Gasteiger partial charge >= 0.3 is 0 Å². The number of carbonyl (C=O) groups is 1. The van der Waals surface area contributed by atoms with E-state index in [1.807, 2.05) is 39.1 Å². The van der Waals surface area contributed by atoms with Gasteiger partial charge in [-0.3, -0.25) is 4.79 Å². The number of amides is 1. The molecule has 5 nitrogen and oxygen atoms in total. The summed E-state index contributed by atoms with van der Waals surface area (Å²) in [5.41, 5.74) is 2.80. The molecule has 116 valence electrons. The molecule has 0 aliphatic heterocycles. The monoisotopic (exact) mass is 311 g/mol. The van der Waals surface area contributed by atoms with Crippen LogP contribution in [-0.2, 0) is 11.2 Å². The van der Waals surface area contributed by atoms with Gasteiger partial charge in [-0.05, 0) is 25.6 Å². The lowest BCUT2D eigenvalue weighted by atomic mass is 10.1. The molecule has 1 amide bonds. The maximum Gasteiger partial charge on any atom is 0.224 e. The Morgan fingerprint density at radius 1 is 1.43 bits per heavy atom. The van der Waals surface area contributed by atoms with Crippen molar-refractivity contribution in [1.29, 1.82) is 0 Å². The van der Waals surface area contributed by atoms with Crippen molar-refractivity contribution in [2.24, 2.45) is 5.92 Å². The lowest BCUT2D eigenvalue weighted by Gasteiger charge is -2.10. The molecule has 0 fully saturated rings. The molecule has 0 aliphatic carbocycles. The van der Waals surface area contributed by atoms with Gasteiger partial charge < -0.3 is 15.1 Å².